The number of halogens is 1. The van der Waals surface area contributed by atoms with Crippen molar-refractivity contribution in [3.05, 3.63) is 58.5 Å². The molecule has 2 amide bonds. The Morgan fingerprint density at radius 1 is 1.09 bits per heavy atom. The van der Waals surface area contributed by atoms with Crippen molar-refractivity contribution in [1.29, 1.82) is 0 Å². The van der Waals surface area contributed by atoms with Crippen molar-refractivity contribution < 1.29 is 14.0 Å². The number of hydrogen-bond acceptors (Lipinski definition) is 4. The van der Waals surface area contributed by atoms with Gasteiger partial charge in [-0.1, -0.05) is 30.3 Å². The Labute approximate surface area is 140 Å². The minimum Gasteiger partial charge on any atom is -0.444 e. The Hall–Kier alpha value is -2.19. The molecule has 0 radical (unpaired) electrons. The van der Waals surface area contributed by atoms with Crippen molar-refractivity contribution in [2.24, 2.45) is 0 Å². The minimum atomic E-state index is -0.513. The summed E-state index contributed by atoms with van der Waals surface area (Å²) in [4.78, 5) is 23.4. The first-order chi connectivity index (χ1) is 10.5. The smallest absolute Gasteiger partial charge is 0.293 e. The second kappa shape index (κ2) is 7.71. The Bertz CT molecular complexity index is 688. The molecule has 3 N–H and O–H groups in total. The van der Waals surface area contributed by atoms with Crippen LogP contribution in [-0.2, 0) is 11.2 Å². The number of hydrogen-bond donors (Lipinski definition) is 3. The van der Waals surface area contributed by atoms with Gasteiger partial charge < -0.3 is 4.42 Å². The molecule has 1 aromatic heterocycles. The van der Waals surface area contributed by atoms with Crippen LogP contribution in [0.25, 0.3) is 0 Å². The summed E-state index contributed by atoms with van der Waals surface area (Å²) in [7, 11) is 0. The van der Waals surface area contributed by atoms with Gasteiger partial charge in [0.15, 0.2) is 15.5 Å². The molecule has 0 aliphatic rings. The van der Waals surface area contributed by atoms with Crippen LogP contribution in [0.4, 0.5) is 0 Å². The second-order valence-electron chi connectivity index (χ2n) is 4.22. The van der Waals surface area contributed by atoms with Crippen LogP contribution < -0.4 is 16.2 Å². The van der Waals surface area contributed by atoms with Crippen molar-refractivity contribution >= 4 is 45.1 Å². The van der Waals surface area contributed by atoms with Gasteiger partial charge in [-0.2, -0.15) is 0 Å². The molecule has 6 nitrogen and oxygen atoms in total. The predicted molar refractivity (Wildman–Crippen MR) is 87.9 cm³/mol. The Balaban J connectivity index is 1.75. The molecule has 22 heavy (non-hydrogen) atoms. The summed E-state index contributed by atoms with van der Waals surface area (Å²) in [5.74, 6) is -0.685. The summed E-state index contributed by atoms with van der Waals surface area (Å²) in [5, 5.41) is 2.35. The first-order valence-electron chi connectivity index (χ1n) is 6.24. The topological polar surface area (TPSA) is 83.4 Å². The summed E-state index contributed by atoms with van der Waals surface area (Å²) < 4.78 is 5.52. The highest BCUT2D eigenvalue weighted by molar-refractivity contribution is 9.10. The molecule has 0 fully saturated rings. The molecule has 1 heterocycles. The zero-order valence-electron chi connectivity index (χ0n) is 11.3. The fourth-order valence-corrected chi connectivity index (χ4v) is 2.03. The van der Waals surface area contributed by atoms with Crippen molar-refractivity contribution in [2.45, 2.75) is 6.42 Å². The van der Waals surface area contributed by atoms with Gasteiger partial charge in [0.1, 0.15) is 0 Å². The van der Waals surface area contributed by atoms with E-state index in [1.165, 1.54) is 6.07 Å². The fourth-order valence-electron chi connectivity index (χ4n) is 1.58. The molecular weight excluding hydrogens is 370 g/mol. The molecule has 0 saturated carbocycles. The van der Waals surface area contributed by atoms with Gasteiger partial charge in [-0.25, -0.2) is 0 Å². The number of amides is 2. The van der Waals surface area contributed by atoms with E-state index in [0.29, 0.717) is 4.67 Å². The highest BCUT2D eigenvalue weighted by Gasteiger charge is 2.12. The molecule has 0 bridgehead atoms. The van der Waals surface area contributed by atoms with E-state index in [-0.39, 0.29) is 23.2 Å². The van der Waals surface area contributed by atoms with Crippen LogP contribution in [0.3, 0.4) is 0 Å². The molecule has 1 aromatic carbocycles. The van der Waals surface area contributed by atoms with Crippen LogP contribution in [0.5, 0.6) is 0 Å². The van der Waals surface area contributed by atoms with Gasteiger partial charge in [-0.3, -0.25) is 25.8 Å². The van der Waals surface area contributed by atoms with Crippen LogP contribution in [0.1, 0.15) is 16.1 Å². The molecule has 8 heteroatoms. The van der Waals surface area contributed by atoms with E-state index >= 15 is 0 Å². The molecule has 2 aromatic rings. The maximum absolute atomic E-state index is 11.7. The summed E-state index contributed by atoms with van der Waals surface area (Å²) in [6.07, 6.45) is 0.204. The third kappa shape index (κ3) is 4.97. The average molecular weight is 382 g/mol. The van der Waals surface area contributed by atoms with E-state index in [9.17, 15) is 9.59 Å². The van der Waals surface area contributed by atoms with E-state index < -0.39 is 5.91 Å². The lowest BCUT2D eigenvalue weighted by atomic mass is 10.1. The van der Waals surface area contributed by atoms with Crippen molar-refractivity contribution in [2.75, 3.05) is 0 Å². The van der Waals surface area contributed by atoms with Gasteiger partial charge in [-0.15, -0.1) is 0 Å². The second-order valence-corrected chi connectivity index (χ2v) is 5.41. The quantitative estimate of drug-likeness (QED) is 0.558. The van der Waals surface area contributed by atoms with Crippen LogP contribution in [0.2, 0.25) is 0 Å². The zero-order valence-corrected chi connectivity index (χ0v) is 13.7. The first-order valence-corrected chi connectivity index (χ1v) is 7.44. The largest absolute Gasteiger partial charge is 0.444 e. The third-order valence-electron chi connectivity index (χ3n) is 2.55. The van der Waals surface area contributed by atoms with Crippen molar-refractivity contribution in [3.8, 4) is 0 Å². The number of benzene rings is 1. The van der Waals surface area contributed by atoms with Gasteiger partial charge in [0.05, 0.1) is 6.42 Å². The number of hydrazine groups is 1. The van der Waals surface area contributed by atoms with Gasteiger partial charge in [0.2, 0.25) is 5.91 Å². The lowest BCUT2D eigenvalue weighted by molar-refractivity contribution is -0.121. The number of nitrogens with one attached hydrogen (secondary N) is 3. The summed E-state index contributed by atoms with van der Waals surface area (Å²) in [5.41, 5.74) is 5.74. The Kier molecular flexibility index (Phi) is 5.68. The highest BCUT2D eigenvalue weighted by Crippen LogP contribution is 2.13. The number of furan rings is 1. The fraction of sp³-hybridized carbons (Fsp3) is 0.0714. The first kappa shape index (κ1) is 16.2. The van der Waals surface area contributed by atoms with E-state index in [2.05, 4.69) is 32.1 Å². The molecule has 0 atom stereocenters. The van der Waals surface area contributed by atoms with E-state index in [1.807, 2.05) is 30.3 Å². The molecular formula is C14H12BrN3O3S. The predicted octanol–water partition coefficient (Wildman–Crippen LogP) is 1.92. The van der Waals surface area contributed by atoms with E-state index in [4.69, 9.17) is 16.6 Å². The standard InChI is InChI=1S/C14H12BrN3O3S/c15-11-7-6-10(21-11)13(20)16-14(22)18-17-12(19)8-9-4-2-1-3-5-9/h1-7H,8H2,(H,17,19)(H2,16,18,20,22). The number of carbonyl (C=O) groups excluding carboxylic acids is 2. The minimum absolute atomic E-state index is 0.0288. The van der Waals surface area contributed by atoms with E-state index in [1.54, 1.807) is 6.07 Å². The maximum Gasteiger partial charge on any atom is 0.293 e. The molecule has 0 unspecified atom stereocenters. The molecule has 0 aliphatic carbocycles. The monoisotopic (exact) mass is 381 g/mol. The summed E-state index contributed by atoms with van der Waals surface area (Å²) >= 11 is 8.00. The van der Waals surface area contributed by atoms with Crippen LogP contribution in [0, 0.1) is 0 Å². The highest BCUT2D eigenvalue weighted by atomic mass is 79.9. The number of thiocarbonyl (C=S) groups is 1. The van der Waals surface area contributed by atoms with Gasteiger partial charge in [-0.05, 0) is 45.8 Å². The molecule has 0 saturated heterocycles. The van der Waals surface area contributed by atoms with Crippen molar-refractivity contribution in [1.82, 2.24) is 16.2 Å². The van der Waals surface area contributed by atoms with Gasteiger partial charge in [0, 0.05) is 0 Å². The maximum atomic E-state index is 11.7. The molecule has 0 spiro atoms. The van der Waals surface area contributed by atoms with Crippen LogP contribution in [-0.4, -0.2) is 16.9 Å². The Morgan fingerprint density at radius 2 is 1.82 bits per heavy atom. The summed E-state index contributed by atoms with van der Waals surface area (Å²) in [6, 6.07) is 12.3. The zero-order chi connectivity index (χ0) is 15.9. The molecule has 0 aliphatic heterocycles. The lowest BCUT2D eigenvalue weighted by Crippen LogP contribution is -2.48. The molecule has 114 valence electrons. The van der Waals surface area contributed by atoms with Crippen LogP contribution in [0.15, 0.2) is 51.6 Å². The van der Waals surface area contributed by atoms with Crippen LogP contribution >= 0.6 is 28.1 Å². The van der Waals surface area contributed by atoms with Gasteiger partial charge in [0.25, 0.3) is 5.91 Å². The SMILES string of the molecule is O=C(Cc1ccccc1)NNC(=S)NC(=O)c1ccc(Br)o1. The van der Waals surface area contributed by atoms with Crippen molar-refractivity contribution in [3.63, 3.8) is 0 Å². The average Bonchev–Trinajstić information content (AvgIpc) is 2.93. The third-order valence-corrected chi connectivity index (χ3v) is 3.18. The Morgan fingerprint density at radius 3 is 2.45 bits per heavy atom. The lowest BCUT2D eigenvalue weighted by Gasteiger charge is -2.10. The normalized spacial score (nSPS) is 9.86. The number of carbonyl (C=O) groups is 2. The van der Waals surface area contributed by atoms with E-state index in [0.717, 1.165) is 5.56 Å². The summed E-state index contributed by atoms with van der Waals surface area (Å²) in [6.45, 7) is 0. The van der Waals surface area contributed by atoms with Gasteiger partial charge >= 0.3 is 0 Å². The molecule has 2 rings (SSSR count). The number of rotatable bonds is 3.